The molecule has 0 amide bonds. The molecular weight excluding hydrogens is 268 g/mol. The summed E-state index contributed by atoms with van der Waals surface area (Å²) in [4.78, 5) is 0.704. The van der Waals surface area contributed by atoms with Crippen molar-refractivity contribution >= 4 is 33.4 Å². The molecule has 1 aromatic carbocycles. The summed E-state index contributed by atoms with van der Waals surface area (Å²) in [5, 5.41) is 14.2. The summed E-state index contributed by atoms with van der Waals surface area (Å²) in [5.74, 6) is 0.195. The monoisotopic (exact) mass is 276 g/mol. The number of hydrogen-bond acceptors (Lipinski definition) is 4. The van der Waals surface area contributed by atoms with E-state index in [0.29, 0.717) is 21.2 Å². The lowest BCUT2D eigenvalue weighted by Crippen LogP contribution is -2.17. The molecule has 86 valence electrons. The van der Waals surface area contributed by atoms with Gasteiger partial charge in [-0.05, 0) is 18.2 Å². The first-order valence-electron chi connectivity index (χ1n) is 4.25. The summed E-state index contributed by atoms with van der Waals surface area (Å²) in [6.45, 7) is 0. The van der Waals surface area contributed by atoms with Gasteiger partial charge in [0, 0.05) is 15.7 Å². The molecule has 0 aliphatic rings. The van der Waals surface area contributed by atoms with E-state index in [4.69, 9.17) is 22.0 Å². The lowest BCUT2D eigenvalue weighted by Gasteiger charge is -2.03. The maximum Gasteiger partial charge on any atom is 0.209 e. The van der Waals surface area contributed by atoms with Gasteiger partial charge in [-0.25, -0.2) is 13.6 Å². The maximum atomic E-state index is 10.7. The Kier molecular flexibility index (Phi) is 4.62. The van der Waals surface area contributed by atoms with E-state index in [-0.39, 0.29) is 5.75 Å². The van der Waals surface area contributed by atoms with E-state index in [1.165, 1.54) is 11.8 Å². The Balaban J connectivity index is 2.72. The van der Waals surface area contributed by atoms with E-state index in [0.717, 1.165) is 0 Å². The van der Waals surface area contributed by atoms with Crippen LogP contribution in [0.1, 0.15) is 5.56 Å². The summed E-state index contributed by atoms with van der Waals surface area (Å²) >= 11 is 6.99. The third-order valence-electron chi connectivity index (χ3n) is 1.69. The molecule has 0 saturated carbocycles. The number of primary sulfonamides is 1. The summed E-state index contributed by atoms with van der Waals surface area (Å²) < 4.78 is 21.4. The smallest absolute Gasteiger partial charge is 0.209 e. The van der Waals surface area contributed by atoms with E-state index in [2.05, 4.69) is 0 Å². The molecule has 16 heavy (non-hydrogen) atoms. The molecule has 1 rings (SSSR count). The highest BCUT2D eigenvalue weighted by atomic mass is 35.5. The zero-order chi connectivity index (χ0) is 12.2. The molecule has 0 fully saturated rings. The van der Waals surface area contributed by atoms with Crippen LogP contribution in [0.5, 0.6) is 0 Å². The van der Waals surface area contributed by atoms with Crippen LogP contribution in [0, 0.1) is 11.3 Å². The fourth-order valence-corrected chi connectivity index (χ4v) is 3.06. The highest BCUT2D eigenvalue weighted by Crippen LogP contribution is 2.25. The lowest BCUT2D eigenvalue weighted by atomic mass is 10.2. The fraction of sp³-hybridized carbons (Fsp3) is 0.222. The van der Waals surface area contributed by atoms with Gasteiger partial charge in [0.1, 0.15) is 6.07 Å². The zero-order valence-electron chi connectivity index (χ0n) is 8.18. The van der Waals surface area contributed by atoms with Gasteiger partial charge in [-0.1, -0.05) is 11.6 Å². The van der Waals surface area contributed by atoms with Crippen LogP contribution in [0.4, 0.5) is 0 Å². The average molecular weight is 277 g/mol. The first-order valence-corrected chi connectivity index (χ1v) is 7.33. The highest BCUT2D eigenvalue weighted by molar-refractivity contribution is 8.00. The maximum absolute atomic E-state index is 10.7. The summed E-state index contributed by atoms with van der Waals surface area (Å²) in [5.41, 5.74) is 0.437. The van der Waals surface area contributed by atoms with Crippen molar-refractivity contribution in [1.29, 1.82) is 5.26 Å². The molecule has 0 aliphatic carbocycles. The minimum Gasteiger partial charge on any atom is -0.229 e. The Bertz CT molecular complexity index is 523. The molecule has 0 heterocycles. The number of rotatable bonds is 4. The Labute approximate surface area is 103 Å². The van der Waals surface area contributed by atoms with E-state index in [1.807, 2.05) is 6.07 Å². The van der Waals surface area contributed by atoms with Crippen LogP contribution in [0.3, 0.4) is 0 Å². The topological polar surface area (TPSA) is 83.9 Å². The van der Waals surface area contributed by atoms with Crippen LogP contribution in [0.2, 0.25) is 5.02 Å². The van der Waals surface area contributed by atoms with Gasteiger partial charge in [0.15, 0.2) is 0 Å². The van der Waals surface area contributed by atoms with Gasteiger partial charge in [-0.3, -0.25) is 0 Å². The van der Waals surface area contributed by atoms with Crippen molar-refractivity contribution in [1.82, 2.24) is 0 Å². The number of sulfonamides is 1. The molecule has 1 aromatic rings. The molecule has 0 radical (unpaired) electrons. The summed E-state index contributed by atoms with van der Waals surface area (Å²) in [6.07, 6.45) is 0. The number of nitrogens with zero attached hydrogens (tertiary/aromatic N) is 1. The van der Waals surface area contributed by atoms with Crippen molar-refractivity contribution in [2.24, 2.45) is 5.14 Å². The quantitative estimate of drug-likeness (QED) is 0.847. The van der Waals surface area contributed by atoms with Crippen LogP contribution in [-0.2, 0) is 10.0 Å². The number of benzene rings is 1. The van der Waals surface area contributed by atoms with Gasteiger partial charge >= 0.3 is 0 Å². The molecule has 0 atom stereocenters. The summed E-state index contributed by atoms with van der Waals surface area (Å²) in [7, 11) is -3.45. The molecule has 0 aliphatic heterocycles. The molecule has 4 nitrogen and oxygen atoms in total. The van der Waals surface area contributed by atoms with Crippen molar-refractivity contribution in [3.05, 3.63) is 28.8 Å². The van der Waals surface area contributed by atoms with E-state index >= 15 is 0 Å². The SMILES string of the molecule is N#Cc1cc(Cl)ccc1SCCS(N)(=O)=O. The van der Waals surface area contributed by atoms with Crippen molar-refractivity contribution in [3.8, 4) is 6.07 Å². The predicted octanol–water partition coefficient (Wildman–Crippen LogP) is 1.59. The number of nitrogens with two attached hydrogens (primary N) is 1. The largest absolute Gasteiger partial charge is 0.229 e. The molecule has 0 saturated heterocycles. The molecule has 7 heteroatoms. The first kappa shape index (κ1) is 13.3. The van der Waals surface area contributed by atoms with Gasteiger partial charge in [0.25, 0.3) is 0 Å². The molecule has 0 unspecified atom stereocenters. The molecule has 0 spiro atoms. The fourth-order valence-electron chi connectivity index (χ4n) is 0.983. The van der Waals surface area contributed by atoms with Gasteiger partial charge in [0.05, 0.1) is 11.3 Å². The number of halogens is 1. The van der Waals surface area contributed by atoms with E-state index in [1.54, 1.807) is 18.2 Å². The molecule has 0 bridgehead atoms. The standard InChI is InChI=1S/C9H9ClN2O2S2/c10-8-1-2-9(7(5-8)6-11)15-3-4-16(12,13)14/h1-2,5H,3-4H2,(H2,12,13,14). The molecule has 0 aromatic heterocycles. The van der Waals surface area contributed by atoms with Crippen LogP contribution in [0.25, 0.3) is 0 Å². The second kappa shape index (κ2) is 5.55. The Hall–Kier alpha value is -0.740. The molecule has 2 N–H and O–H groups in total. The first-order chi connectivity index (χ1) is 7.42. The zero-order valence-corrected chi connectivity index (χ0v) is 10.6. The number of thioether (sulfide) groups is 1. The predicted molar refractivity (Wildman–Crippen MR) is 64.9 cm³/mol. The lowest BCUT2D eigenvalue weighted by molar-refractivity contribution is 0.599. The van der Waals surface area contributed by atoms with Crippen LogP contribution in [0.15, 0.2) is 23.1 Å². The Morgan fingerprint density at radius 1 is 1.50 bits per heavy atom. The third-order valence-corrected chi connectivity index (χ3v) is 4.03. The van der Waals surface area contributed by atoms with Crippen molar-refractivity contribution < 1.29 is 8.42 Å². The Morgan fingerprint density at radius 2 is 2.19 bits per heavy atom. The van der Waals surface area contributed by atoms with Crippen LogP contribution in [-0.4, -0.2) is 19.9 Å². The minimum absolute atomic E-state index is 0.120. The number of nitriles is 1. The minimum atomic E-state index is -3.45. The van der Waals surface area contributed by atoms with Crippen LogP contribution >= 0.6 is 23.4 Å². The van der Waals surface area contributed by atoms with Gasteiger partial charge in [-0.15, -0.1) is 11.8 Å². The number of hydrogen-bond donors (Lipinski definition) is 1. The van der Waals surface area contributed by atoms with Crippen molar-refractivity contribution in [2.75, 3.05) is 11.5 Å². The van der Waals surface area contributed by atoms with E-state index in [9.17, 15) is 8.42 Å². The van der Waals surface area contributed by atoms with Crippen LogP contribution < -0.4 is 5.14 Å². The molecular formula is C9H9ClN2O2S2. The van der Waals surface area contributed by atoms with Gasteiger partial charge < -0.3 is 0 Å². The second-order valence-electron chi connectivity index (χ2n) is 2.97. The summed E-state index contributed by atoms with van der Waals surface area (Å²) in [6, 6.07) is 6.88. The van der Waals surface area contributed by atoms with Crippen molar-refractivity contribution in [2.45, 2.75) is 4.90 Å². The third kappa shape index (κ3) is 4.41. The van der Waals surface area contributed by atoms with Crippen molar-refractivity contribution in [3.63, 3.8) is 0 Å². The van der Waals surface area contributed by atoms with E-state index < -0.39 is 10.0 Å². The second-order valence-corrected chi connectivity index (χ2v) is 6.27. The van der Waals surface area contributed by atoms with Gasteiger partial charge in [0.2, 0.25) is 10.0 Å². The highest BCUT2D eigenvalue weighted by Gasteiger charge is 2.06. The Morgan fingerprint density at radius 3 is 2.75 bits per heavy atom. The van der Waals surface area contributed by atoms with Gasteiger partial charge in [-0.2, -0.15) is 5.26 Å². The normalized spacial score (nSPS) is 11.1. The average Bonchev–Trinajstić information content (AvgIpc) is 2.18.